The van der Waals surface area contributed by atoms with Crippen LogP contribution in [-0.2, 0) is 4.79 Å². The predicted octanol–water partition coefficient (Wildman–Crippen LogP) is -1.57. The highest BCUT2D eigenvalue weighted by Gasteiger charge is 2.43. The van der Waals surface area contributed by atoms with Gasteiger partial charge in [0.05, 0.1) is 23.2 Å². The van der Waals surface area contributed by atoms with Crippen molar-refractivity contribution in [3.05, 3.63) is 0 Å². The van der Waals surface area contributed by atoms with E-state index < -0.39 is 0 Å². The molecule has 2 heterocycles. The number of carbonyl (C=O) groups is 1. The van der Waals surface area contributed by atoms with E-state index >= 15 is 0 Å². The van der Waals surface area contributed by atoms with E-state index in [0.29, 0.717) is 5.75 Å². The molecule has 0 aromatic carbocycles. The van der Waals surface area contributed by atoms with E-state index in [2.05, 4.69) is 10.9 Å². The van der Waals surface area contributed by atoms with E-state index in [1.54, 1.807) is 11.8 Å². The first-order valence-corrected chi connectivity index (χ1v) is 4.25. The number of hydrogen-bond acceptors (Lipinski definition) is 5. The molecule has 0 aromatic heterocycles. The SMILES string of the molecule is N[C@H]1NN[C@H]2C(=O)CS[C@@H]12. The fourth-order valence-corrected chi connectivity index (χ4v) is 2.51. The van der Waals surface area contributed by atoms with Crippen LogP contribution in [0.1, 0.15) is 0 Å². The Morgan fingerprint density at radius 1 is 1.60 bits per heavy atom. The summed E-state index contributed by atoms with van der Waals surface area (Å²) in [6.45, 7) is 0. The molecule has 0 bridgehead atoms. The molecule has 0 saturated carbocycles. The molecule has 2 aliphatic rings. The highest BCUT2D eigenvalue weighted by molar-refractivity contribution is 8.01. The van der Waals surface area contributed by atoms with E-state index in [0.717, 1.165) is 0 Å². The van der Waals surface area contributed by atoms with Gasteiger partial charge in [-0.25, -0.2) is 10.9 Å². The van der Waals surface area contributed by atoms with Crippen LogP contribution in [0.2, 0.25) is 0 Å². The second kappa shape index (κ2) is 2.20. The Hall–Kier alpha value is -0.100. The lowest BCUT2D eigenvalue weighted by Gasteiger charge is -2.07. The molecule has 4 nitrogen and oxygen atoms in total. The summed E-state index contributed by atoms with van der Waals surface area (Å²) >= 11 is 1.63. The summed E-state index contributed by atoms with van der Waals surface area (Å²) < 4.78 is 0. The minimum Gasteiger partial charge on any atom is -0.314 e. The maximum absolute atomic E-state index is 11.0. The highest BCUT2D eigenvalue weighted by atomic mass is 32.2. The van der Waals surface area contributed by atoms with E-state index in [9.17, 15) is 4.79 Å². The van der Waals surface area contributed by atoms with Gasteiger partial charge in [-0.2, -0.15) is 0 Å². The Morgan fingerprint density at radius 3 is 3.10 bits per heavy atom. The van der Waals surface area contributed by atoms with Gasteiger partial charge in [-0.3, -0.25) is 4.79 Å². The van der Waals surface area contributed by atoms with Gasteiger partial charge in [0.1, 0.15) is 0 Å². The first kappa shape index (κ1) is 6.60. The van der Waals surface area contributed by atoms with Crippen molar-refractivity contribution < 1.29 is 4.79 Å². The lowest BCUT2D eigenvalue weighted by molar-refractivity contribution is -0.117. The topological polar surface area (TPSA) is 67.2 Å². The molecular weight excluding hydrogens is 150 g/mol. The zero-order chi connectivity index (χ0) is 7.14. The molecule has 10 heavy (non-hydrogen) atoms. The Bertz CT molecular complexity index is 174. The van der Waals surface area contributed by atoms with Gasteiger partial charge in [-0.15, -0.1) is 11.8 Å². The number of rotatable bonds is 0. The minimum absolute atomic E-state index is 0.0417. The standard InChI is InChI=1S/C5H9N3OS/c6-5-4-3(7-8-5)2(9)1-10-4/h3-5,7-8H,1,6H2/t3-,4+,5-/m0/s1. The summed E-state index contributed by atoms with van der Waals surface area (Å²) in [7, 11) is 0. The zero-order valence-corrected chi connectivity index (χ0v) is 6.15. The van der Waals surface area contributed by atoms with Crippen molar-refractivity contribution in [3.63, 3.8) is 0 Å². The lowest BCUT2D eigenvalue weighted by Crippen LogP contribution is -2.40. The van der Waals surface area contributed by atoms with Gasteiger partial charge in [0.25, 0.3) is 0 Å². The number of hydrazine groups is 1. The molecular formula is C5H9N3OS. The molecule has 5 heteroatoms. The molecule has 0 amide bonds. The Balaban J connectivity index is 2.16. The summed E-state index contributed by atoms with van der Waals surface area (Å²) in [5.41, 5.74) is 11.3. The zero-order valence-electron chi connectivity index (χ0n) is 5.33. The smallest absolute Gasteiger partial charge is 0.162 e. The quantitative estimate of drug-likeness (QED) is 0.398. The van der Waals surface area contributed by atoms with Crippen LogP contribution in [0, 0.1) is 0 Å². The number of fused-ring (bicyclic) bond motifs is 1. The molecule has 3 atom stereocenters. The summed E-state index contributed by atoms with van der Waals surface area (Å²) in [6.07, 6.45) is -0.0681. The van der Waals surface area contributed by atoms with Crippen molar-refractivity contribution in [2.24, 2.45) is 5.73 Å². The number of nitrogens with one attached hydrogen (secondary N) is 2. The third-order valence-electron chi connectivity index (χ3n) is 1.85. The second-order valence-corrected chi connectivity index (χ2v) is 3.70. The van der Waals surface area contributed by atoms with Crippen molar-refractivity contribution in [1.29, 1.82) is 0 Å². The maximum Gasteiger partial charge on any atom is 0.162 e. The number of ketones is 1. The van der Waals surface area contributed by atoms with Gasteiger partial charge in [0, 0.05) is 0 Å². The Kier molecular flexibility index (Phi) is 1.45. The average Bonchev–Trinajstić information content (AvgIpc) is 2.41. The third-order valence-corrected chi connectivity index (χ3v) is 3.25. The van der Waals surface area contributed by atoms with E-state index in [1.807, 2.05) is 0 Å². The number of nitrogens with two attached hydrogens (primary N) is 1. The summed E-state index contributed by atoms with van der Waals surface area (Å²) in [5, 5.41) is 0.243. The lowest BCUT2D eigenvalue weighted by atomic mass is 10.1. The van der Waals surface area contributed by atoms with E-state index in [4.69, 9.17) is 5.73 Å². The fourth-order valence-electron chi connectivity index (χ4n) is 1.29. The van der Waals surface area contributed by atoms with Gasteiger partial charge < -0.3 is 5.73 Å². The molecule has 0 aliphatic carbocycles. The number of thioether (sulfide) groups is 1. The van der Waals surface area contributed by atoms with Gasteiger partial charge in [0.15, 0.2) is 5.78 Å². The van der Waals surface area contributed by atoms with E-state index in [-0.39, 0.29) is 23.2 Å². The van der Waals surface area contributed by atoms with Crippen LogP contribution in [0.3, 0.4) is 0 Å². The van der Waals surface area contributed by atoms with Gasteiger partial charge in [-0.1, -0.05) is 0 Å². The van der Waals surface area contributed by atoms with Crippen LogP contribution in [0.4, 0.5) is 0 Å². The minimum atomic E-state index is -0.0681. The Labute approximate surface area is 62.9 Å². The van der Waals surface area contributed by atoms with Gasteiger partial charge in [-0.05, 0) is 0 Å². The predicted molar refractivity (Wildman–Crippen MR) is 39.3 cm³/mol. The van der Waals surface area contributed by atoms with Crippen molar-refractivity contribution in [3.8, 4) is 0 Å². The molecule has 2 rings (SSSR count). The van der Waals surface area contributed by atoms with Crippen molar-refractivity contribution >= 4 is 17.5 Å². The summed E-state index contributed by atoms with van der Waals surface area (Å²) in [5.74, 6) is 0.869. The van der Waals surface area contributed by atoms with E-state index in [1.165, 1.54) is 0 Å². The monoisotopic (exact) mass is 159 g/mol. The molecule has 2 aliphatic heterocycles. The van der Waals surface area contributed by atoms with Crippen LogP contribution in [-0.4, -0.2) is 29.0 Å². The first-order chi connectivity index (χ1) is 4.79. The van der Waals surface area contributed by atoms with Crippen molar-refractivity contribution in [1.82, 2.24) is 10.9 Å². The van der Waals surface area contributed by atoms with Crippen LogP contribution < -0.4 is 16.6 Å². The van der Waals surface area contributed by atoms with Crippen LogP contribution in [0.5, 0.6) is 0 Å². The van der Waals surface area contributed by atoms with Crippen LogP contribution >= 0.6 is 11.8 Å². The molecule has 56 valence electrons. The van der Waals surface area contributed by atoms with Gasteiger partial charge in [0.2, 0.25) is 0 Å². The average molecular weight is 159 g/mol. The Morgan fingerprint density at radius 2 is 2.40 bits per heavy atom. The van der Waals surface area contributed by atoms with Crippen LogP contribution in [0.25, 0.3) is 0 Å². The molecule has 4 N–H and O–H groups in total. The second-order valence-electron chi connectivity index (χ2n) is 2.53. The van der Waals surface area contributed by atoms with Gasteiger partial charge >= 0.3 is 0 Å². The third kappa shape index (κ3) is 0.784. The van der Waals surface area contributed by atoms with Crippen molar-refractivity contribution in [2.45, 2.75) is 17.5 Å². The van der Waals surface area contributed by atoms with Crippen LogP contribution in [0.15, 0.2) is 0 Å². The highest BCUT2D eigenvalue weighted by Crippen LogP contribution is 2.27. The summed E-state index contributed by atoms with van der Waals surface area (Å²) in [6, 6.07) is -0.0417. The maximum atomic E-state index is 11.0. The number of carbonyl (C=O) groups excluding carboxylic acids is 1. The molecule has 0 aromatic rings. The molecule has 2 saturated heterocycles. The molecule has 0 spiro atoms. The molecule has 2 fully saturated rings. The first-order valence-electron chi connectivity index (χ1n) is 3.20. The number of Topliss-reactive ketones (excluding diaryl/α,β-unsaturated/α-hetero) is 1. The number of hydrogen-bond donors (Lipinski definition) is 3. The largest absolute Gasteiger partial charge is 0.314 e. The molecule has 0 unspecified atom stereocenters. The summed E-state index contributed by atoms with van der Waals surface area (Å²) in [4.78, 5) is 11.0. The normalized spacial score (nSPS) is 46.1. The molecule has 0 radical (unpaired) electrons. The van der Waals surface area contributed by atoms with Crippen molar-refractivity contribution in [2.75, 3.05) is 5.75 Å². The fraction of sp³-hybridized carbons (Fsp3) is 0.800.